The minimum Gasteiger partial charge on any atom is -0.462 e. The second-order valence-electron chi connectivity index (χ2n) is 4.41. The van der Waals surface area contributed by atoms with Gasteiger partial charge in [0.2, 0.25) is 0 Å². The van der Waals surface area contributed by atoms with Crippen molar-refractivity contribution in [1.29, 1.82) is 0 Å². The fraction of sp³-hybridized carbons (Fsp3) is 0.444. The number of allylic oxidation sites excluding steroid dienone is 6. The van der Waals surface area contributed by atoms with Crippen LogP contribution in [0.3, 0.4) is 0 Å². The molecule has 128 valence electrons. The van der Waals surface area contributed by atoms with E-state index in [0.29, 0.717) is 28.5 Å². The van der Waals surface area contributed by atoms with Gasteiger partial charge in [0.1, 0.15) is 10.9 Å². The van der Waals surface area contributed by atoms with Gasteiger partial charge < -0.3 is 4.74 Å². The third-order valence-corrected chi connectivity index (χ3v) is 3.80. The second-order valence-corrected chi connectivity index (χ2v) is 5.44. The van der Waals surface area contributed by atoms with Crippen molar-refractivity contribution < 1.29 is 13.9 Å². The van der Waals surface area contributed by atoms with Crippen LogP contribution in [0.15, 0.2) is 51.7 Å². The van der Waals surface area contributed by atoms with E-state index in [9.17, 15) is 9.18 Å². The number of halogens is 1. The summed E-state index contributed by atoms with van der Waals surface area (Å²) in [6, 6.07) is 0. The number of ether oxygens (including phenoxy) is 1. The van der Waals surface area contributed by atoms with Gasteiger partial charge in [-0.05, 0) is 38.8 Å². The molecule has 0 N–H and O–H groups in total. The lowest BCUT2D eigenvalue weighted by Gasteiger charge is -2.09. The van der Waals surface area contributed by atoms with Crippen LogP contribution in [0, 0.1) is 0 Å². The molecule has 0 aromatic rings. The SMILES string of the molecule is C\C=C(/C=C(F)\C=C/CC)C(=NC)S/C(=C/CC)C(=O)OCC. The van der Waals surface area contributed by atoms with Gasteiger partial charge in [-0.25, -0.2) is 9.18 Å². The molecule has 0 rings (SSSR count). The fourth-order valence-corrected chi connectivity index (χ4v) is 2.57. The predicted octanol–water partition coefficient (Wildman–Crippen LogP) is 5.37. The molecular weight excluding hydrogens is 313 g/mol. The highest BCUT2D eigenvalue weighted by atomic mass is 32.2. The molecule has 0 fully saturated rings. The molecule has 0 amide bonds. The van der Waals surface area contributed by atoms with E-state index in [1.54, 1.807) is 32.2 Å². The molecule has 0 atom stereocenters. The molecule has 0 aliphatic rings. The lowest BCUT2D eigenvalue weighted by molar-refractivity contribution is -0.137. The highest BCUT2D eigenvalue weighted by Gasteiger charge is 2.16. The molecule has 0 bridgehead atoms. The van der Waals surface area contributed by atoms with Crippen LogP contribution in [0.25, 0.3) is 0 Å². The summed E-state index contributed by atoms with van der Waals surface area (Å²) in [5, 5.41) is 0.570. The Balaban J connectivity index is 5.36. The molecule has 0 radical (unpaired) electrons. The van der Waals surface area contributed by atoms with Gasteiger partial charge in [-0.15, -0.1) is 0 Å². The highest BCUT2D eigenvalue weighted by molar-refractivity contribution is 8.18. The van der Waals surface area contributed by atoms with E-state index in [4.69, 9.17) is 4.74 Å². The zero-order chi connectivity index (χ0) is 17.7. The van der Waals surface area contributed by atoms with E-state index in [0.717, 1.165) is 6.42 Å². The Morgan fingerprint density at radius 3 is 2.43 bits per heavy atom. The van der Waals surface area contributed by atoms with Gasteiger partial charge in [0.15, 0.2) is 0 Å². The van der Waals surface area contributed by atoms with Crippen LogP contribution in [0.4, 0.5) is 4.39 Å². The molecule has 0 aliphatic heterocycles. The maximum atomic E-state index is 13.9. The molecular formula is C18H26FNO2S. The van der Waals surface area contributed by atoms with Crippen molar-refractivity contribution in [3.8, 4) is 0 Å². The fourth-order valence-electron chi connectivity index (χ4n) is 1.59. The average molecular weight is 339 g/mol. The van der Waals surface area contributed by atoms with Crippen LogP contribution in [-0.4, -0.2) is 24.7 Å². The highest BCUT2D eigenvalue weighted by Crippen LogP contribution is 2.25. The minimum absolute atomic E-state index is 0.311. The van der Waals surface area contributed by atoms with Gasteiger partial charge in [-0.1, -0.05) is 43.8 Å². The van der Waals surface area contributed by atoms with Crippen molar-refractivity contribution in [1.82, 2.24) is 0 Å². The summed E-state index contributed by atoms with van der Waals surface area (Å²) in [5.41, 5.74) is 0.627. The summed E-state index contributed by atoms with van der Waals surface area (Å²) in [5.74, 6) is -0.731. The van der Waals surface area contributed by atoms with Crippen LogP contribution >= 0.6 is 11.8 Å². The number of aliphatic imine (C=N–C) groups is 1. The number of hydrogen-bond acceptors (Lipinski definition) is 4. The summed E-state index contributed by atoms with van der Waals surface area (Å²) in [4.78, 5) is 16.6. The van der Waals surface area contributed by atoms with Gasteiger partial charge in [-0.2, -0.15) is 0 Å². The maximum absolute atomic E-state index is 13.9. The lowest BCUT2D eigenvalue weighted by Crippen LogP contribution is -2.08. The topological polar surface area (TPSA) is 38.7 Å². The number of nitrogens with zero attached hydrogens (tertiary/aromatic N) is 1. The van der Waals surface area contributed by atoms with Crippen LogP contribution in [0.2, 0.25) is 0 Å². The third-order valence-electron chi connectivity index (χ3n) is 2.64. The smallest absolute Gasteiger partial charge is 0.344 e. The monoisotopic (exact) mass is 339 g/mol. The van der Waals surface area contributed by atoms with Crippen LogP contribution < -0.4 is 0 Å². The zero-order valence-corrected chi connectivity index (χ0v) is 15.4. The Hall–Kier alpha value is -1.62. The van der Waals surface area contributed by atoms with E-state index in [-0.39, 0.29) is 11.8 Å². The summed E-state index contributed by atoms with van der Waals surface area (Å²) in [6.45, 7) is 7.76. The van der Waals surface area contributed by atoms with E-state index in [1.807, 2.05) is 20.8 Å². The standard InChI is InChI=1S/C18H26FNO2S/c1-6-10-12-15(19)13-14(8-3)17(20-5)23-16(11-7-2)18(21)22-9-4/h8,10-13H,6-7,9H2,1-5H3/b12-10-,14-8+,15-13+,16-11+,20-17?. The van der Waals surface area contributed by atoms with Gasteiger partial charge in [0.25, 0.3) is 0 Å². The number of carbonyl (C=O) groups excluding carboxylic acids is 1. The molecule has 0 saturated heterocycles. The van der Waals surface area contributed by atoms with Crippen molar-refractivity contribution in [3.63, 3.8) is 0 Å². The first-order chi connectivity index (χ1) is 11.0. The van der Waals surface area contributed by atoms with Crippen LogP contribution in [-0.2, 0) is 9.53 Å². The molecule has 0 aromatic carbocycles. The largest absolute Gasteiger partial charge is 0.462 e. The number of thioether (sulfide) groups is 1. The first-order valence-electron chi connectivity index (χ1n) is 7.76. The molecule has 23 heavy (non-hydrogen) atoms. The molecule has 0 heterocycles. The van der Waals surface area contributed by atoms with Gasteiger partial charge >= 0.3 is 5.97 Å². The number of esters is 1. The average Bonchev–Trinajstić information content (AvgIpc) is 2.55. The van der Waals surface area contributed by atoms with Crippen molar-refractivity contribution >= 4 is 22.8 Å². The third kappa shape index (κ3) is 8.55. The molecule has 0 aliphatic carbocycles. The van der Waals surface area contributed by atoms with E-state index >= 15 is 0 Å². The first kappa shape index (κ1) is 21.4. The predicted molar refractivity (Wildman–Crippen MR) is 98.3 cm³/mol. The normalized spacial score (nSPS) is 14.5. The summed E-state index contributed by atoms with van der Waals surface area (Å²) in [7, 11) is 1.62. The van der Waals surface area contributed by atoms with Crippen molar-refractivity contribution in [2.45, 2.75) is 40.5 Å². The number of rotatable bonds is 8. The zero-order valence-electron chi connectivity index (χ0n) is 14.6. The van der Waals surface area contributed by atoms with Gasteiger partial charge in [0.05, 0.1) is 11.5 Å². The summed E-state index contributed by atoms with van der Waals surface area (Å²) in [6.07, 6.45) is 9.61. The quantitative estimate of drug-likeness (QED) is 0.196. The van der Waals surface area contributed by atoms with Crippen molar-refractivity contribution in [2.24, 2.45) is 4.99 Å². The summed E-state index contributed by atoms with van der Waals surface area (Å²) >= 11 is 1.19. The molecule has 5 heteroatoms. The Morgan fingerprint density at radius 1 is 1.26 bits per heavy atom. The second kappa shape index (κ2) is 12.9. The molecule has 0 unspecified atom stereocenters. The molecule has 0 saturated carbocycles. The number of hydrogen-bond donors (Lipinski definition) is 0. The Kier molecular flexibility index (Phi) is 12.0. The Bertz CT molecular complexity index is 531. The molecule has 3 nitrogen and oxygen atoms in total. The van der Waals surface area contributed by atoms with Crippen LogP contribution in [0.5, 0.6) is 0 Å². The van der Waals surface area contributed by atoms with Gasteiger partial charge in [0, 0.05) is 12.6 Å². The van der Waals surface area contributed by atoms with E-state index in [2.05, 4.69) is 4.99 Å². The van der Waals surface area contributed by atoms with Crippen molar-refractivity contribution in [2.75, 3.05) is 13.7 Å². The van der Waals surface area contributed by atoms with Crippen LogP contribution in [0.1, 0.15) is 40.5 Å². The Labute approximate surface area is 143 Å². The summed E-state index contributed by atoms with van der Waals surface area (Å²) < 4.78 is 18.9. The molecule has 0 spiro atoms. The first-order valence-corrected chi connectivity index (χ1v) is 8.57. The van der Waals surface area contributed by atoms with E-state index < -0.39 is 0 Å². The Morgan fingerprint density at radius 2 is 1.96 bits per heavy atom. The van der Waals surface area contributed by atoms with Crippen molar-refractivity contribution in [3.05, 3.63) is 46.7 Å². The maximum Gasteiger partial charge on any atom is 0.344 e. The number of carbonyl (C=O) groups is 1. The van der Waals surface area contributed by atoms with Gasteiger partial charge in [-0.3, -0.25) is 4.99 Å². The minimum atomic E-state index is -0.383. The van der Waals surface area contributed by atoms with E-state index in [1.165, 1.54) is 23.9 Å². The lowest BCUT2D eigenvalue weighted by atomic mass is 10.2. The molecule has 0 aromatic heterocycles.